The van der Waals surface area contributed by atoms with Gasteiger partial charge >= 0.3 is 5.97 Å². The van der Waals surface area contributed by atoms with Gasteiger partial charge < -0.3 is 9.84 Å². The van der Waals surface area contributed by atoms with Gasteiger partial charge in [0.25, 0.3) is 5.69 Å². The van der Waals surface area contributed by atoms with E-state index >= 15 is 0 Å². The number of carbonyl (C=O) groups is 1. The molecule has 0 aliphatic heterocycles. The molecule has 17 heavy (non-hydrogen) atoms. The Kier molecular flexibility index (Phi) is 4.59. The maximum absolute atomic E-state index is 11.3. The Balaban J connectivity index is 3.28. The highest BCUT2D eigenvalue weighted by Crippen LogP contribution is 2.23. The number of nitro groups is 1. The van der Waals surface area contributed by atoms with Crippen LogP contribution in [0.2, 0.25) is 0 Å². The smallest absolute Gasteiger partial charge is 0.338 e. The van der Waals surface area contributed by atoms with E-state index in [2.05, 4.69) is 20.7 Å². The molecule has 92 valence electrons. The van der Waals surface area contributed by atoms with Gasteiger partial charge in [0.2, 0.25) is 0 Å². The van der Waals surface area contributed by atoms with E-state index in [1.807, 2.05) is 0 Å². The van der Waals surface area contributed by atoms with Crippen LogP contribution >= 0.6 is 15.9 Å². The molecule has 0 bridgehead atoms. The molecule has 0 heterocycles. The summed E-state index contributed by atoms with van der Waals surface area (Å²) in [5.41, 5.74) is 0.0658. The fourth-order valence-corrected chi connectivity index (χ4v) is 1.63. The van der Waals surface area contributed by atoms with E-state index in [1.165, 1.54) is 19.2 Å². The second kappa shape index (κ2) is 5.74. The molecule has 0 aromatic heterocycles. The average molecular weight is 304 g/mol. The predicted molar refractivity (Wildman–Crippen MR) is 63.2 cm³/mol. The number of hydrogen-bond acceptors (Lipinski definition) is 5. The number of benzene rings is 1. The van der Waals surface area contributed by atoms with E-state index in [4.69, 9.17) is 0 Å². The van der Waals surface area contributed by atoms with Gasteiger partial charge in [0, 0.05) is 17.5 Å². The number of methoxy groups -OCH3 is 1. The van der Waals surface area contributed by atoms with Gasteiger partial charge in [0.05, 0.1) is 23.7 Å². The number of esters is 1. The normalized spacial score (nSPS) is 11.9. The molecule has 0 spiro atoms. The Morgan fingerprint density at radius 2 is 2.24 bits per heavy atom. The van der Waals surface area contributed by atoms with Crippen molar-refractivity contribution < 1.29 is 19.6 Å². The number of hydrogen-bond donors (Lipinski definition) is 1. The molecule has 0 radical (unpaired) electrons. The molecule has 0 amide bonds. The van der Waals surface area contributed by atoms with Gasteiger partial charge in [0.1, 0.15) is 0 Å². The first kappa shape index (κ1) is 13.6. The summed E-state index contributed by atoms with van der Waals surface area (Å²) in [4.78, 5) is 21.4. The topological polar surface area (TPSA) is 89.7 Å². The number of rotatable bonds is 4. The first-order valence-electron chi connectivity index (χ1n) is 4.61. The summed E-state index contributed by atoms with van der Waals surface area (Å²) in [5, 5.41) is 20.5. The SMILES string of the molecule is COC(=O)c1cc(C(O)CBr)cc([N+](=O)[O-])c1. The Hall–Kier alpha value is -1.47. The Morgan fingerprint density at radius 1 is 1.59 bits per heavy atom. The highest BCUT2D eigenvalue weighted by atomic mass is 79.9. The monoisotopic (exact) mass is 303 g/mol. The van der Waals surface area contributed by atoms with Gasteiger partial charge in [-0.3, -0.25) is 10.1 Å². The first-order chi connectivity index (χ1) is 7.99. The number of ether oxygens (including phenoxy) is 1. The van der Waals surface area contributed by atoms with E-state index in [-0.39, 0.29) is 22.1 Å². The van der Waals surface area contributed by atoms with Crippen LogP contribution in [0.15, 0.2) is 18.2 Å². The second-order valence-corrected chi connectivity index (χ2v) is 3.88. The summed E-state index contributed by atoms with van der Waals surface area (Å²) in [5.74, 6) is -0.684. The minimum absolute atomic E-state index is 0.0386. The summed E-state index contributed by atoms with van der Waals surface area (Å²) in [6.45, 7) is 0. The van der Waals surface area contributed by atoms with Gasteiger partial charge in [-0.25, -0.2) is 4.79 Å². The van der Waals surface area contributed by atoms with Gasteiger partial charge in [-0.05, 0) is 11.6 Å². The molecule has 1 aromatic carbocycles. The fraction of sp³-hybridized carbons (Fsp3) is 0.300. The van der Waals surface area contributed by atoms with Crippen LogP contribution in [0.4, 0.5) is 5.69 Å². The summed E-state index contributed by atoms with van der Waals surface area (Å²) in [6.07, 6.45) is -0.918. The molecule has 0 aliphatic rings. The van der Waals surface area contributed by atoms with Gasteiger partial charge in [0.15, 0.2) is 0 Å². The molecule has 1 atom stereocenters. The number of non-ortho nitro benzene ring substituents is 1. The average Bonchev–Trinajstić information content (AvgIpc) is 2.36. The van der Waals surface area contributed by atoms with Crippen molar-refractivity contribution in [1.82, 2.24) is 0 Å². The second-order valence-electron chi connectivity index (χ2n) is 3.23. The molecule has 1 rings (SSSR count). The zero-order valence-electron chi connectivity index (χ0n) is 8.92. The lowest BCUT2D eigenvalue weighted by atomic mass is 10.1. The van der Waals surface area contributed by atoms with E-state index in [0.29, 0.717) is 0 Å². The molecule has 1 N–H and O–H groups in total. The molecule has 0 fully saturated rings. The summed E-state index contributed by atoms with van der Waals surface area (Å²) in [6, 6.07) is 3.69. The number of carbonyl (C=O) groups excluding carboxylic acids is 1. The van der Waals surface area contributed by atoms with E-state index in [1.54, 1.807) is 0 Å². The van der Waals surface area contributed by atoms with Crippen LogP contribution in [0.3, 0.4) is 0 Å². The third-order valence-electron chi connectivity index (χ3n) is 2.10. The third-order valence-corrected chi connectivity index (χ3v) is 2.72. The molecule has 0 aliphatic carbocycles. The molecular weight excluding hydrogens is 294 g/mol. The number of aliphatic hydroxyl groups excluding tert-OH is 1. The van der Waals surface area contributed by atoms with Gasteiger partial charge in [-0.1, -0.05) is 15.9 Å². The van der Waals surface area contributed by atoms with Crippen LogP contribution in [0.25, 0.3) is 0 Å². The maximum Gasteiger partial charge on any atom is 0.338 e. The van der Waals surface area contributed by atoms with Crippen molar-refractivity contribution in [2.45, 2.75) is 6.10 Å². The lowest BCUT2D eigenvalue weighted by Gasteiger charge is -2.08. The van der Waals surface area contributed by atoms with E-state index in [9.17, 15) is 20.0 Å². The largest absolute Gasteiger partial charge is 0.465 e. The van der Waals surface area contributed by atoms with Crippen LogP contribution in [0.1, 0.15) is 22.0 Å². The lowest BCUT2D eigenvalue weighted by Crippen LogP contribution is -2.06. The molecule has 0 saturated heterocycles. The number of nitrogens with zero attached hydrogens (tertiary/aromatic N) is 1. The first-order valence-corrected chi connectivity index (χ1v) is 5.73. The molecule has 0 saturated carbocycles. The lowest BCUT2D eigenvalue weighted by molar-refractivity contribution is -0.385. The van der Waals surface area contributed by atoms with Crippen molar-refractivity contribution in [3.05, 3.63) is 39.4 Å². The Morgan fingerprint density at radius 3 is 2.71 bits per heavy atom. The fourth-order valence-electron chi connectivity index (χ4n) is 1.26. The highest BCUT2D eigenvalue weighted by molar-refractivity contribution is 9.09. The van der Waals surface area contributed by atoms with Crippen LogP contribution in [0, 0.1) is 10.1 Å². The van der Waals surface area contributed by atoms with Crippen molar-refractivity contribution in [3.63, 3.8) is 0 Å². The molecule has 6 nitrogen and oxygen atoms in total. The van der Waals surface area contributed by atoms with Crippen molar-refractivity contribution in [1.29, 1.82) is 0 Å². The summed E-state index contributed by atoms with van der Waals surface area (Å²) < 4.78 is 4.48. The highest BCUT2D eigenvalue weighted by Gasteiger charge is 2.17. The number of aliphatic hydroxyl groups is 1. The minimum Gasteiger partial charge on any atom is -0.465 e. The van der Waals surface area contributed by atoms with Gasteiger partial charge in [-0.15, -0.1) is 0 Å². The molecule has 7 heteroatoms. The number of halogens is 1. The van der Waals surface area contributed by atoms with Crippen molar-refractivity contribution in [3.8, 4) is 0 Å². The van der Waals surface area contributed by atoms with Crippen LogP contribution in [-0.4, -0.2) is 28.4 Å². The molecular formula is C10H10BrNO5. The summed E-state index contributed by atoms with van der Waals surface area (Å²) >= 11 is 3.06. The van der Waals surface area contributed by atoms with Crippen LogP contribution in [0.5, 0.6) is 0 Å². The van der Waals surface area contributed by atoms with Crippen LogP contribution in [-0.2, 0) is 4.74 Å². The maximum atomic E-state index is 11.3. The molecule has 1 aromatic rings. The quantitative estimate of drug-likeness (QED) is 0.396. The van der Waals surface area contributed by atoms with Crippen molar-refractivity contribution in [2.75, 3.05) is 12.4 Å². The predicted octanol–water partition coefficient (Wildman–Crippen LogP) is 1.81. The zero-order chi connectivity index (χ0) is 13.0. The molecule has 1 unspecified atom stereocenters. The number of nitro benzene ring substituents is 1. The standard InChI is InChI=1S/C10H10BrNO5/c1-17-10(14)7-2-6(9(13)5-11)3-8(4-7)12(15)16/h2-4,9,13H,5H2,1H3. The third kappa shape index (κ3) is 3.24. The minimum atomic E-state index is -0.918. The Bertz CT molecular complexity index is 448. The zero-order valence-corrected chi connectivity index (χ0v) is 10.5. The van der Waals surface area contributed by atoms with Gasteiger partial charge in [-0.2, -0.15) is 0 Å². The van der Waals surface area contributed by atoms with E-state index in [0.717, 1.165) is 6.07 Å². The van der Waals surface area contributed by atoms with Crippen LogP contribution < -0.4 is 0 Å². The van der Waals surface area contributed by atoms with Crippen molar-refractivity contribution >= 4 is 27.6 Å². The Labute approximate surface area is 105 Å². The van der Waals surface area contributed by atoms with Crippen molar-refractivity contribution in [2.24, 2.45) is 0 Å². The number of alkyl halides is 1. The van der Waals surface area contributed by atoms with E-state index < -0.39 is 17.0 Å². The summed E-state index contributed by atoms with van der Waals surface area (Å²) in [7, 11) is 1.18.